The number of benzene rings is 1. The van der Waals surface area contributed by atoms with E-state index >= 15 is 0 Å². The van der Waals surface area contributed by atoms with Gasteiger partial charge in [0.1, 0.15) is 0 Å². The predicted molar refractivity (Wildman–Crippen MR) is 104 cm³/mol. The molecule has 1 aliphatic heterocycles. The molecule has 2 heterocycles. The first-order valence-corrected chi connectivity index (χ1v) is 9.64. The zero-order chi connectivity index (χ0) is 18.7. The van der Waals surface area contributed by atoms with Crippen LogP contribution < -0.4 is 5.32 Å². The van der Waals surface area contributed by atoms with Crippen molar-refractivity contribution in [2.24, 2.45) is 0 Å². The summed E-state index contributed by atoms with van der Waals surface area (Å²) in [5.74, 6) is 0.0895. The van der Waals surface area contributed by atoms with E-state index in [1.807, 2.05) is 18.7 Å². The number of nitrogens with one attached hydrogen (secondary N) is 1. The maximum atomic E-state index is 12.5. The predicted octanol–water partition coefficient (Wildman–Crippen LogP) is 3.33. The Bertz CT molecular complexity index is 815. The lowest BCUT2D eigenvalue weighted by atomic mass is 10.2. The molecule has 6 nitrogen and oxygen atoms in total. The number of urea groups is 1. The van der Waals surface area contributed by atoms with Crippen molar-refractivity contribution >= 4 is 40.6 Å². The molecule has 1 aromatic carbocycles. The van der Waals surface area contributed by atoms with Crippen molar-refractivity contribution in [3.63, 3.8) is 0 Å². The largest absolute Gasteiger partial charge is 0.339 e. The topological polar surface area (TPSA) is 65.5 Å². The second-order valence-electron chi connectivity index (χ2n) is 6.23. The van der Waals surface area contributed by atoms with Crippen LogP contribution in [0, 0.1) is 13.8 Å². The summed E-state index contributed by atoms with van der Waals surface area (Å²) in [4.78, 5) is 33.8. The summed E-state index contributed by atoms with van der Waals surface area (Å²) < 4.78 is 0. The van der Waals surface area contributed by atoms with Crippen molar-refractivity contribution < 1.29 is 9.59 Å². The van der Waals surface area contributed by atoms with Crippen LogP contribution in [-0.4, -0.2) is 52.9 Å². The maximum absolute atomic E-state index is 12.5. The molecule has 1 saturated heterocycles. The van der Waals surface area contributed by atoms with Crippen LogP contribution in [0.4, 0.5) is 10.5 Å². The Morgan fingerprint density at radius 2 is 1.88 bits per heavy atom. The zero-order valence-electron chi connectivity index (χ0n) is 14.8. The number of rotatable bonds is 3. The molecule has 0 aliphatic carbocycles. The summed E-state index contributed by atoms with van der Waals surface area (Å²) in [6, 6.07) is 6.88. The molecule has 1 aliphatic rings. The highest BCUT2D eigenvalue weighted by atomic mass is 35.5. The van der Waals surface area contributed by atoms with Gasteiger partial charge in [-0.25, -0.2) is 9.78 Å². The molecule has 2 aromatic rings. The molecule has 1 fully saturated rings. The highest BCUT2D eigenvalue weighted by molar-refractivity contribution is 7.11. The lowest BCUT2D eigenvalue weighted by Gasteiger charge is -2.34. The van der Waals surface area contributed by atoms with E-state index in [0.717, 1.165) is 15.6 Å². The molecule has 0 bridgehead atoms. The van der Waals surface area contributed by atoms with Gasteiger partial charge < -0.3 is 15.1 Å². The molecular formula is C18H21ClN4O2S. The Morgan fingerprint density at radius 1 is 1.19 bits per heavy atom. The molecule has 0 unspecified atom stereocenters. The molecule has 138 valence electrons. The van der Waals surface area contributed by atoms with Gasteiger partial charge in [-0.3, -0.25) is 4.79 Å². The summed E-state index contributed by atoms with van der Waals surface area (Å²) in [7, 11) is 0. The fourth-order valence-electron chi connectivity index (χ4n) is 2.91. The van der Waals surface area contributed by atoms with Crippen LogP contribution >= 0.6 is 22.9 Å². The van der Waals surface area contributed by atoms with E-state index in [-0.39, 0.29) is 11.9 Å². The van der Waals surface area contributed by atoms with Gasteiger partial charge in [-0.2, -0.15) is 0 Å². The summed E-state index contributed by atoms with van der Waals surface area (Å²) >= 11 is 7.51. The van der Waals surface area contributed by atoms with Crippen LogP contribution in [0.3, 0.4) is 0 Å². The van der Waals surface area contributed by atoms with Gasteiger partial charge in [-0.15, -0.1) is 11.3 Å². The van der Waals surface area contributed by atoms with Gasteiger partial charge in [0.15, 0.2) is 0 Å². The van der Waals surface area contributed by atoms with Crippen molar-refractivity contribution in [3.8, 4) is 0 Å². The number of thiazole rings is 1. The highest BCUT2D eigenvalue weighted by Gasteiger charge is 2.25. The Morgan fingerprint density at radius 3 is 2.50 bits per heavy atom. The van der Waals surface area contributed by atoms with Gasteiger partial charge in [-0.1, -0.05) is 17.7 Å². The number of amides is 3. The van der Waals surface area contributed by atoms with E-state index in [2.05, 4.69) is 10.3 Å². The van der Waals surface area contributed by atoms with E-state index in [4.69, 9.17) is 11.6 Å². The van der Waals surface area contributed by atoms with E-state index in [1.54, 1.807) is 40.5 Å². The number of piperazine rings is 1. The smallest absolute Gasteiger partial charge is 0.321 e. The number of anilines is 1. The summed E-state index contributed by atoms with van der Waals surface area (Å²) in [6.07, 6.45) is 0.381. The van der Waals surface area contributed by atoms with Gasteiger partial charge in [0.2, 0.25) is 5.91 Å². The molecule has 1 aromatic heterocycles. The molecule has 3 rings (SSSR count). The van der Waals surface area contributed by atoms with E-state index in [9.17, 15) is 9.59 Å². The summed E-state index contributed by atoms with van der Waals surface area (Å²) in [5, 5.41) is 4.39. The molecule has 26 heavy (non-hydrogen) atoms. The number of carbonyl (C=O) groups is 2. The Labute approximate surface area is 161 Å². The number of hydrogen-bond acceptors (Lipinski definition) is 4. The van der Waals surface area contributed by atoms with E-state index in [1.165, 1.54) is 0 Å². The summed E-state index contributed by atoms with van der Waals surface area (Å²) in [5.41, 5.74) is 1.59. The normalized spacial score (nSPS) is 14.4. The molecule has 0 saturated carbocycles. The molecule has 1 N–H and O–H groups in total. The average molecular weight is 393 g/mol. The quantitative estimate of drug-likeness (QED) is 0.871. The van der Waals surface area contributed by atoms with E-state index in [0.29, 0.717) is 43.3 Å². The van der Waals surface area contributed by atoms with Crippen LogP contribution in [0.25, 0.3) is 0 Å². The van der Waals surface area contributed by atoms with Crippen molar-refractivity contribution in [1.82, 2.24) is 14.8 Å². The van der Waals surface area contributed by atoms with Crippen LogP contribution in [0.1, 0.15) is 15.6 Å². The van der Waals surface area contributed by atoms with Crippen LogP contribution in [-0.2, 0) is 11.2 Å². The second kappa shape index (κ2) is 8.05. The van der Waals surface area contributed by atoms with Gasteiger partial charge >= 0.3 is 6.03 Å². The number of carbonyl (C=O) groups excluding carboxylic acids is 2. The van der Waals surface area contributed by atoms with Crippen molar-refractivity contribution in [2.45, 2.75) is 20.3 Å². The van der Waals surface area contributed by atoms with Crippen LogP contribution in [0.15, 0.2) is 24.3 Å². The number of halogens is 1. The third-order valence-corrected chi connectivity index (χ3v) is 5.61. The van der Waals surface area contributed by atoms with E-state index < -0.39 is 0 Å². The molecule has 0 spiro atoms. The second-order valence-corrected chi connectivity index (χ2v) is 7.95. The van der Waals surface area contributed by atoms with Crippen molar-refractivity contribution in [2.75, 3.05) is 31.5 Å². The van der Waals surface area contributed by atoms with Gasteiger partial charge in [0.05, 0.1) is 17.1 Å². The van der Waals surface area contributed by atoms with Crippen LogP contribution in [0.5, 0.6) is 0 Å². The molecule has 0 atom stereocenters. The minimum absolute atomic E-state index is 0.0895. The standard InChI is InChI=1S/C18H21ClN4O2S/c1-12-16(26-13(2)20-12)11-17(24)22-6-8-23(9-7-22)18(25)21-15-5-3-4-14(19)10-15/h3-5,10H,6-9,11H2,1-2H3,(H,21,25). The highest BCUT2D eigenvalue weighted by Crippen LogP contribution is 2.19. The Hall–Kier alpha value is -2.12. The lowest BCUT2D eigenvalue weighted by Crippen LogP contribution is -2.52. The fraction of sp³-hybridized carbons (Fsp3) is 0.389. The first kappa shape index (κ1) is 18.7. The lowest BCUT2D eigenvalue weighted by molar-refractivity contribution is -0.131. The van der Waals surface area contributed by atoms with Crippen molar-refractivity contribution in [1.29, 1.82) is 0 Å². The molecule has 8 heteroatoms. The monoisotopic (exact) mass is 392 g/mol. The minimum atomic E-state index is -0.173. The number of aromatic nitrogens is 1. The SMILES string of the molecule is Cc1nc(C)c(CC(=O)N2CCN(C(=O)Nc3cccc(Cl)c3)CC2)s1. The molecular weight excluding hydrogens is 372 g/mol. The van der Waals surface area contributed by atoms with Gasteiger partial charge in [0, 0.05) is 41.8 Å². The number of aryl methyl sites for hydroxylation is 2. The third kappa shape index (κ3) is 4.53. The maximum Gasteiger partial charge on any atom is 0.321 e. The number of nitrogens with zero attached hydrogens (tertiary/aromatic N) is 3. The van der Waals surface area contributed by atoms with Gasteiger partial charge in [0.25, 0.3) is 0 Å². The Balaban J connectivity index is 1.51. The minimum Gasteiger partial charge on any atom is -0.339 e. The summed E-state index contributed by atoms with van der Waals surface area (Å²) in [6.45, 7) is 5.99. The van der Waals surface area contributed by atoms with Gasteiger partial charge in [-0.05, 0) is 32.0 Å². The molecule has 0 radical (unpaired) electrons. The molecule has 3 amide bonds. The zero-order valence-corrected chi connectivity index (χ0v) is 16.4. The van der Waals surface area contributed by atoms with Crippen molar-refractivity contribution in [3.05, 3.63) is 44.9 Å². The number of hydrogen-bond donors (Lipinski definition) is 1. The first-order valence-electron chi connectivity index (χ1n) is 8.44. The van der Waals surface area contributed by atoms with Crippen LogP contribution in [0.2, 0.25) is 5.02 Å². The third-order valence-electron chi connectivity index (χ3n) is 4.31. The fourth-order valence-corrected chi connectivity index (χ4v) is 4.03. The Kier molecular flexibility index (Phi) is 5.78. The first-order chi connectivity index (χ1) is 12.4. The average Bonchev–Trinajstić information content (AvgIpc) is 2.92.